The number of rotatable bonds is 4. The third kappa shape index (κ3) is 2.93. The lowest BCUT2D eigenvalue weighted by Crippen LogP contribution is -2.43. The Morgan fingerprint density at radius 3 is 2.65 bits per heavy atom. The Bertz CT molecular complexity index is 481. The summed E-state index contributed by atoms with van der Waals surface area (Å²) in [5, 5.41) is 7.59. The van der Waals surface area contributed by atoms with Crippen molar-refractivity contribution < 1.29 is 4.39 Å². The summed E-state index contributed by atoms with van der Waals surface area (Å²) in [5.41, 5.74) is 6.47. The van der Waals surface area contributed by atoms with Gasteiger partial charge in [0.05, 0.1) is 11.3 Å². The number of anilines is 1. The van der Waals surface area contributed by atoms with Crippen LogP contribution in [0.4, 0.5) is 10.1 Å². The van der Waals surface area contributed by atoms with E-state index in [2.05, 4.69) is 16.7 Å². The number of hydrogen-bond acceptors (Lipinski definition) is 3. The summed E-state index contributed by atoms with van der Waals surface area (Å²) in [6.07, 6.45) is 2.11. The highest BCUT2D eigenvalue weighted by Gasteiger charge is 2.24. The first-order chi connectivity index (χ1) is 9.54. The van der Waals surface area contributed by atoms with Crippen molar-refractivity contribution in [3.63, 3.8) is 0 Å². The fourth-order valence-corrected chi connectivity index (χ4v) is 2.89. The molecule has 0 radical (unpaired) electrons. The van der Waals surface area contributed by atoms with E-state index in [1.54, 1.807) is 6.07 Å². The molecule has 0 bridgehead atoms. The minimum atomic E-state index is -0.423. The molecule has 1 aromatic rings. The minimum Gasteiger partial charge on any atom is -0.384 e. The van der Waals surface area contributed by atoms with Gasteiger partial charge in [0.1, 0.15) is 11.7 Å². The standard InChI is InChI=1S/C15H23FN4/c1-3-20-9-7-11(8-10-20)19(2)13-6-4-5-12(16)14(13)15(17)18/h4-6,11H,3,7-10H2,1-2H3,(H3,17,18). The molecule has 110 valence electrons. The SMILES string of the molecule is CCN1CCC(N(C)c2cccc(F)c2C(=N)N)CC1. The van der Waals surface area contributed by atoms with Gasteiger partial charge in [-0.2, -0.15) is 0 Å². The van der Waals surface area contributed by atoms with Gasteiger partial charge in [-0.15, -0.1) is 0 Å². The van der Waals surface area contributed by atoms with Gasteiger partial charge in [0, 0.05) is 26.2 Å². The van der Waals surface area contributed by atoms with Crippen LogP contribution < -0.4 is 10.6 Å². The summed E-state index contributed by atoms with van der Waals surface area (Å²) in [7, 11) is 1.97. The van der Waals surface area contributed by atoms with Gasteiger partial charge in [-0.1, -0.05) is 13.0 Å². The third-order valence-corrected chi connectivity index (χ3v) is 4.19. The Morgan fingerprint density at radius 1 is 1.45 bits per heavy atom. The van der Waals surface area contributed by atoms with E-state index in [0.717, 1.165) is 32.5 Å². The molecule has 0 atom stereocenters. The van der Waals surface area contributed by atoms with Crippen molar-refractivity contribution in [1.82, 2.24) is 4.90 Å². The number of amidine groups is 1. The summed E-state index contributed by atoms with van der Waals surface area (Å²) in [4.78, 5) is 4.49. The monoisotopic (exact) mass is 278 g/mol. The zero-order chi connectivity index (χ0) is 14.7. The summed E-state index contributed by atoms with van der Waals surface area (Å²) in [6.45, 7) is 5.38. The molecule has 1 heterocycles. The molecule has 2 rings (SSSR count). The topological polar surface area (TPSA) is 56.4 Å². The number of piperidine rings is 1. The highest BCUT2D eigenvalue weighted by Crippen LogP contribution is 2.27. The van der Waals surface area contributed by atoms with E-state index in [4.69, 9.17) is 11.1 Å². The normalized spacial score (nSPS) is 17.1. The van der Waals surface area contributed by atoms with Gasteiger partial charge in [-0.3, -0.25) is 5.41 Å². The molecule has 0 aliphatic carbocycles. The van der Waals surface area contributed by atoms with E-state index < -0.39 is 5.82 Å². The fourth-order valence-electron chi connectivity index (χ4n) is 2.89. The number of hydrogen-bond donors (Lipinski definition) is 2. The van der Waals surface area contributed by atoms with Gasteiger partial charge in [0.15, 0.2) is 0 Å². The lowest BCUT2D eigenvalue weighted by Gasteiger charge is -2.38. The number of nitrogens with two attached hydrogens (primary N) is 1. The van der Waals surface area contributed by atoms with Gasteiger partial charge >= 0.3 is 0 Å². The maximum absolute atomic E-state index is 13.9. The molecule has 0 saturated carbocycles. The number of likely N-dealkylation sites (tertiary alicyclic amines) is 1. The van der Waals surface area contributed by atoms with E-state index in [0.29, 0.717) is 11.7 Å². The quantitative estimate of drug-likeness (QED) is 0.654. The molecule has 20 heavy (non-hydrogen) atoms. The Hall–Kier alpha value is -1.62. The average Bonchev–Trinajstić information content (AvgIpc) is 2.46. The van der Waals surface area contributed by atoms with Crippen LogP contribution >= 0.6 is 0 Å². The van der Waals surface area contributed by atoms with Gasteiger partial charge in [-0.05, 0) is 31.5 Å². The smallest absolute Gasteiger partial charge is 0.136 e. The number of nitrogens with zero attached hydrogens (tertiary/aromatic N) is 2. The second-order valence-corrected chi connectivity index (χ2v) is 5.32. The van der Waals surface area contributed by atoms with Crippen LogP contribution in [0.15, 0.2) is 18.2 Å². The maximum atomic E-state index is 13.9. The Morgan fingerprint density at radius 2 is 2.10 bits per heavy atom. The molecular formula is C15H23FN4. The predicted molar refractivity (Wildman–Crippen MR) is 81.0 cm³/mol. The molecule has 1 saturated heterocycles. The largest absolute Gasteiger partial charge is 0.384 e. The number of benzene rings is 1. The van der Waals surface area contributed by atoms with Crippen LogP contribution in [-0.4, -0.2) is 43.5 Å². The van der Waals surface area contributed by atoms with E-state index >= 15 is 0 Å². The van der Waals surface area contributed by atoms with E-state index in [1.807, 2.05) is 13.1 Å². The molecule has 0 aromatic heterocycles. The van der Waals surface area contributed by atoms with Gasteiger partial charge in [0.2, 0.25) is 0 Å². The van der Waals surface area contributed by atoms with Gasteiger partial charge in [-0.25, -0.2) is 4.39 Å². The Kier molecular flexibility index (Phi) is 4.60. The van der Waals surface area contributed by atoms with E-state index in [-0.39, 0.29) is 11.4 Å². The van der Waals surface area contributed by atoms with Crippen LogP contribution in [0, 0.1) is 11.2 Å². The minimum absolute atomic E-state index is 0.212. The number of nitrogens with one attached hydrogen (secondary N) is 1. The van der Waals surface area contributed by atoms with Crippen molar-refractivity contribution in [3.8, 4) is 0 Å². The molecule has 0 unspecified atom stereocenters. The number of nitrogen functional groups attached to an aromatic ring is 1. The number of halogens is 1. The van der Waals surface area contributed by atoms with Gasteiger partial charge < -0.3 is 15.5 Å². The van der Waals surface area contributed by atoms with Crippen LogP contribution in [0.1, 0.15) is 25.3 Å². The van der Waals surface area contributed by atoms with Gasteiger partial charge in [0.25, 0.3) is 0 Å². The van der Waals surface area contributed by atoms with Crippen LogP contribution in [0.3, 0.4) is 0 Å². The van der Waals surface area contributed by atoms with Crippen LogP contribution in [0.2, 0.25) is 0 Å². The molecule has 1 aliphatic rings. The van der Waals surface area contributed by atoms with Crippen molar-refractivity contribution in [2.45, 2.75) is 25.8 Å². The summed E-state index contributed by atoms with van der Waals surface area (Å²) in [5.74, 6) is -0.635. The maximum Gasteiger partial charge on any atom is 0.136 e. The van der Waals surface area contributed by atoms with E-state index in [9.17, 15) is 4.39 Å². The van der Waals surface area contributed by atoms with Crippen LogP contribution in [0.25, 0.3) is 0 Å². The first-order valence-corrected chi connectivity index (χ1v) is 7.12. The summed E-state index contributed by atoms with van der Waals surface area (Å²) in [6, 6.07) is 5.24. The van der Waals surface area contributed by atoms with Crippen molar-refractivity contribution in [2.75, 3.05) is 31.6 Å². The summed E-state index contributed by atoms with van der Waals surface area (Å²) >= 11 is 0. The fraction of sp³-hybridized carbons (Fsp3) is 0.533. The highest BCUT2D eigenvalue weighted by molar-refractivity contribution is 6.00. The van der Waals surface area contributed by atoms with Crippen LogP contribution in [-0.2, 0) is 0 Å². The molecule has 0 amide bonds. The molecule has 1 fully saturated rings. The van der Waals surface area contributed by atoms with Crippen LogP contribution in [0.5, 0.6) is 0 Å². The molecule has 1 aliphatic heterocycles. The molecule has 1 aromatic carbocycles. The third-order valence-electron chi connectivity index (χ3n) is 4.19. The van der Waals surface area contributed by atoms with E-state index in [1.165, 1.54) is 6.07 Å². The second-order valence-electron chi connectivity index (χ2n) is 5.32. The second kappa shape index (κ2) is 6.22. The Labute approximate surface area is 119 Å². The first-order valence-electron chi connectivity index (χ1n) is 7.12. The summed E-state index contributed by atoms with van der Waals surface area (Å²) < 4.78 is 13.9. The molecule has 0 spiro atoms. The Balaban J connectivity index is 2.20. The van der Waals surface area contributed by atoms with Crippen molar-refractivity contribution >= 4 is 11.5 Å². The predicted octanol–water partition coefficient (Wildman–Crippen LogP) is 2.03. The molecular weight excluding hydrogens is 255 g/mol. The first kappa shape index (κ1) is 14.8. The molecule has 3 N–H and O–H groups in total. The highest BCUT2D eigenvalue weighted by atomic mass is 19.1. The molecule has 5 heteroatoms. The van der Waals surface area contributed by atoms with Crippen molar-refractivity contribution in [2.24, 2.45) is 5.73 Å². The zero-order valence-corrected chi connectivity index (χ0v) is 12.2. The average molecular weight is 278 g/mol. The lowest BCUT2D eigenvalue weighted by atomic mass is 10.0. The lowest BCUT2D eigenvalue weighted by molar-refractivity contribution is 0.221. The zero-order valence-electron chi connectivity index (χ0n) is 12.2. The van der Waals surface area contributed by atoms with Crippen molar-refractivity contribution in [1.29, 1.82) is 5.41 Å². The molecule has 4 nitrogen and oxygen atoms in total. The van der Waals surface area contributed by atoms with Crippen molar-refractivity contribution in [3.05, 3.63) is 29.6 Å².